The van der Waals surface area contributed by atoms with Gasteiger partial charge in [-0.3, -0.25) is 14.5 Å². The molecule has 0 unspecified atom stereocenters. The summed E-state index contributed by atoms with van der Waals surface area (Å²) < 4.78 is 9.02. The second-order valence-corrected chi connectivity index (χ2v) is 9.87. The molecule has 1 aromatic heterocycles. The van der Waals surface area contributed by atoms with Crippen molar-refractivity contribution < 1.29 is 14.3 Å². The Kier molecular flexibility index (Phi) is 6.76. The number of nitrogens with zero attached hydrogens (tertiary/aromatic N) is 2. The van der Waals surface area contributed by atoms with E-state index in [-0.39, 0.29) is 24.3 Å². The summed E-state index contributed by atoms with van der Waals surface area (Å²) in [5, 5.41) is -0.264. The fourth-order valence-electron chi connectivity index (χ4n) is 3.64. The minimum absolute atomic E-state index is 0.220. The summed E-state index contributed by atoms with van der Waals surface area (Å²) in [4.78, 5) is 27.0. The minimum Gasteiger partial charge on any atom is -0.492 e. The van der Waals surface area contributed by atoms with E-state index in [4.69, 9.17) is 4.74 Å². The van der Waals surface area contributed by atoms with E-state index in [1.54, 1.807) is 0 Å². The molecule has 1 saturated heterocycles. The van der Waals surface area contributed by atoms with Crippen LogP contribution in [-0.2, 0) is 4.79 Å². The molecule has 1 aliphatic heterocycles. The molecule has 2 heterocycles. The van der Waals surface area contributed by atoms with E-state index in [9.17, 15) is 9.59 Å². The predicted molar refractivity (Wildman–Crippen MR) is 137 cm³/mol. The Morgan fingerprint density at radius 3 is 2.38 bits per heavy atom. The van der Waals surface area contributed by atoms with Crippen LogP contribution in [0.1, 0.15) is 22.5 Å². The molecule has 1 aliphatic rings. The molecule has 7 heteroatoms. The number of ether oxygens (including phenoxy) is 1. The number of thioether (sulfide) groups is 1. The molecule has 1 fully saturated rings. The highest BCUT2D eigenvalue weighted by molar-refractivity contribution is 14.1. The third-order valence-electron chi connectivity index (χ3n) is 5.32. The van der Waals surface area contributed by atoms with Crippen LogP contribution in [0, 0.1) is 24.3 Å². The highest BCUT2D eigenvalue weighted by Crippen LogP contribution is 2.33. The van der Waals surface area contributed by atoms with Crippen LogP contribution in [0.4, 0.5) is 4.79 Å². The fourth-order valence-corrected chi connectivity index (χ4v) is 4.86. The van der Waals surface area contributed by atoms with Crippen LogP contribution >= 0.6 is 34.4 Å². The summed E-state index contributed by atoms with van der Waals surface area (Å²) in [6, 6.07) is 18.0. The van der Waals surface area contributed by atoms with Crippen LogP contribution in [0.2, 0.25) is 0 Å². The molecule has 0 bridgehead atoms. The van der Waals surface area contributed by atoms with Crippen LogP contribution in [0.15, 0.2) is 59.5 Å². The van der Waals surface area contributed by atoms with Crippen molar-refractivity contribution in [1.29, 1.82) is 0 Å². The first-order valence-electron chi connectivity index (χ1n) is 10.2. The zero-order valence-corrected chi connectivity index (χ0v) is 21.1. The van der Waals surface area contributed by atoms with Gasteiger partial charge < -0.3 is 9.30 Å². The summed E-state index contributed by atoms with van der Waals surface area (Å²) >= 11 is 3.27. The number of rotatable bonds is 6. The smallest absolute Gasteiger partial charge is 0.293 e. The third-order valence-corrected chi connectivity index (χ3v) is 6.95. The Morgan fingerprint density at radius 2 is 1.69 bits per heavy atom. The summed E-state index contributed by atoms with van der Waals surface area (Å²) in [5.74, 6) is 0.452. The topological polar surface area (TPSA) is 51.5 Å². The van der Waals surface area contributed by atoms with Gasteiger partial charge in [-0.05, 0) is 109 Å². The Bertz CT molecular complexity index is 1200. The molecule has 32 heavy (non-hydrogen) atoms. The third kappa shape index (κ3) is 4.78. The average Bonchev–Trinajstić information content (AvgIpc) is 3.19. The van der Waals surface area contributed by atoms with Gasteiger partial charge in [0.2, 0.25) is 0 Å². The second-order valence-electron chi connectivity index (χ2n) is 7.63. The van der Waals surface area contributed by atoms with Crippen molar-refractivity contribution in [3.05, 3.63) is 85.6 Å². The molecule has 4 rings (SSSR count). The molecule has 164 valence electrons. The van der Waals surface area contributed by atoms with Gasteiger partial charge in [0.1, 0.15) is 12.4 Å². The van der Waals surface area contributed by atoms with E-state index in [1.807, 2.05) is 57.2 Å². The molecule has 0 atom stereocenters. The van der Waals surface area contributed by atoms with Gasteiger partial charge in [-0.1, -0.05) is 17.7 Å². The number of amides is 2. The van der Waals surface area contributed by atoms with Crippen molar-refractivity contribution in [3.63, 3.8) is 0 Å². The van der Waals surface area contributed by atoms with Crippen LogP contribution in [0.3, 0.4) is 0 Å². The predicted octanol–water partition coefficient (Wildman–Crippen LogP) is 6.12. The molecular weight excluding hydrogens is 535 g/mol. The molecule has 3 aromatic rings. The summed E-state index contributed by atoms with van der Waals surface area (Å²) in [6.45, 7) is 6.55. The second kappa shape index (κ2) is 9.54. The van der Waals surface area contributed by atoms with E-state index in [2.05, 4.69) is 51.4 Å². The van der Waals surface area contributed by atoms with E-state index in [0.717, 1.165) is 45.7 Å². The number of aryl methyl sites for hydroxylation is 2. The largest absolute Gasteiger partial charge is 0.492 e. The van der Waals surface area contributed by atoms with Gasteiger partial charge in [0.05, 0.1) is 11.4 Å². The van der Waals surface area contributed by atoms with Crippen molar-refractivity contribution in [1.82, 2.24) is 9.47 Å². The molecule has 2 amide bonds. The number of carbonyl (C=O) groups is 2. The lowest BCUT2D eigenvalue weighted by Gasteiger charge is -2.13. The first-order chi connectivity index (χ1) is 15.3. The molecule has 0 N–H and O–H groups in total. The van der Waals surface area contributed by atoms with Crippen molar-refractivity contribution in [3.8, 4) is 11.4 Å². The molecule has 2 aromatic carbocycles. The number of aromatic nitrogens is 1. The van der Waals surface area contributed by atoms with Crippen molar-refractivity contribution in [2.45, 2.75) is 20.8 Å². The van der Waals surface area contributed by atoms with Crippen LogP contribution in [0.25, 0.3) is 11.8 Å². The Balaban J connectivity index is 1.48. The number of halogens is 1. The normalized spacial score (nSPS) is 15.1. The number of benzene rings is 2. The average molecular weight is 558 g/mol. The van der Waals surface area contributed by atoms with Gasteiger partial charge in [-0.15, -0.1) is 0 Å². The fraction of sp³-hybridized carbons (Fsp3) is 0.200. The van der Waals surface area contributed by atoms with Crippen molar-refractivity contribution >= 4 is 51.6 Å². The lowest BCUT2D eigenvalue weighted by atomic mass is 10.2. The Morgan fingerprint density at radius 1 is 1.00 bits per heavy atom. The maximum absolute atomic E-state index is 12.9. The molecule has 0 saturated carbocycles. The maximum Gasteiger partial charge on any atom is 0.293 e. The molecule has 0 radical (unpaired) electrons. The van der Waals surface area contributed by atoms with Gasteiger partial charge in [-0.2, -0.15) is 0 Å². The highest BCUT2D eigenvalue weighted by Gasteiger charge is 2.35. The number of carbonyl (C=O) groups excluding carboxylic acids is 2. The summed E-state index contributed by atoms with van der Waals surface area (Å²) in [6.07, 6.45) is 1.82. The van der Waals surface area contributed by atoms with Crippen LogP contribution in [-0.4, -0.2) is 33.8 Å². The van der Waals surface area contributed by atoms with Gasteiger partial charge in [0, 0.05) is 20.6 Å². The SMILES string of the molecule is Cc1ccc(OCCN2C(=O)S/C(=C\c3cc(C)n(-c4ccc(I)cc4)c3C)C2=O)cc1. The van der Waals surface area contributed by atoms with E-state index in [0.29, 0.717) is 4.91 Å². The highest BCUT2D eigenvalue weighted by atomic mass is 127. The van der Waals surface area contributed by atoms with Crippen LogP contribution < -0.4 is 4.74 Å². The lowest BCUT2D eigenvalue weighted by molar-refractivity contribution is -0.123. The van der Waals surface area contributed by atoms with E-state index >= 15 is 0 Å². The van der Waals surface area contributed by atoms with Crippen molar-refractivity contribution in [2.24, 2.45) is 0 Å². The number of hydrogen-bond donors (Lipinski definition) is 0. The molecular formula is C25H23IN2O3S. The molecule has 0 spiro atoms. The lowest BCUT2D eigenvalue weighted by Crippen LogP contribution is -2.32. The quantitative estimate of drug-likeness (QED) is 0.270. The zero-order valence-electron chi connectivity index (χ0n) is 18.1. The Hall–Kier alpha value is -2.52. The van der Waals surface area contributed by atoms with Gasteiger partial charge in [0.25, 0.3) is 11.1 Å². The summed E-state index contributed by atoms with van der Waals surface area (Å²) in [7, 11) is 0. The first-order valence-corrected chi connectivity index (χ1v) is 12.1. The van der Waals surface area contributed by atoms with Gasteiger partial charge in [-0.25, -0.2) is 0 Å². The van der Waals surface area contributed by atoms with Crippen molar-refractivity contribution in [2.75, 3.05) is 13.2 Å². The zero-order chi connectivity index (χ0) is 22.8. The van der Waals surface area contributed by atoms with Crippen LogP contribution in [0.5, 0.6) is 5.75 Å². The van der Waals surface area contributed by atoms with Gasteiger partial charge in [0.15, 0.2) is 0 Å². The van der Waals surface area contributed by atoms with E-state index in [1.165, 1.54) is 8.47 Å². The first kappa shape index (κ1) is 22.7. The minimum atomic E-state index is -0.272. The summed E-state index contributed by atoms with van der Waals surface area (Å²) in [5.41, 5.74) is 5.25. The Labute approximate surface area is 205 Å². The molecule has 5 nitrogen and oxygen atoms in total. The van der Waals surface area contributed by atoms with E-state index < -0.39 is 0 Å². The number of imide groups is 1. The maximum atomic E-state index is 12.9. The molecule has 0 aliphatic carbocycles. The number of hydrogen-bond acceptors (Lipinski definition) is 4. The standard InChI is InChI=1S/C25H23IN2O3S/c1-16-4-10-22(11-5-16)31-13-12-27-24(29)23(32-25(27)30)15-19-14-17(2)28(18(19)3)21-8-6-20(26)7-9-21/h4-11,14-15H,12-13H2,1-3H3/b23-15-. The monoisotopic (exact) mass is 558 g/mol. The van der Waals surface area contributed by atoms with Gasteiger partial charge >= 0.3 is 0 Å².